The van der Waals surface area contributed by atoms with Crippen LogP contribution in [0.25, 0.3) is 0 Å². The second kappa shape index (κ2) is 6.36. The fourth-order valence-corrected chi connectivity index (χ4v) is 2.22. The molecular formula is C15H14BrNO. The summed E-state index contributed by atoms with van der Waals surface area (Å²) >= 11 is 3.41. The van der Waals surface area contributed by atoms with Crippen LogP contribution in [0.4, 0.5) is 5.69 Å². The van der Waals surface area contributed by atoms with Crippen LogP contribution in [0, 0.1) is 0 Å². The number of carbonyl (C=O) groups is 1. The summed E-state index contributed by atoms with van der Waals surface area (Å²) < 4.78 is 0. The van der Waals surface area contributed by atoms with Crippen molar-refractivity contribution in [3.63, 3.8) is 0 Å². The molecule has 0 fully saturated rings. The topological polar surface area (TPSA) is 29.1 Å². The van der Waals surface area contributed by atoms with E-state index >= 15 is 0 Å². The first-order chi connectivity index (χ1) is 8.79. The molecule has 92 valence electrons. The van der Waals surface area contributed by atoms with Crippen molar-refractivity contribution in [2.24, 2.45) is 0 Å². The van der Waals surface area contributed by atoms with E-state index in [1.807, 2.05) is 54.6 Å². The molecule has 2 rings (SSSR count). The quantitative estimate of drug-likeness (QED) is 0.856. The molecule has 0 unspecified atom stereocenters. The van der Waals surface area contributed by atoms with E-state index in [2.05, 4.69) is 21.2 Å². The molecular weight excluding hydrogens is 290 g/mol. The molecule has 0 aliphatic rings. The zero-order valence-corrected chi connectivity index (χ0v) is 11.5. The van der Waals surface area contributed by atoms with E-state index in [4.69, 9.17) is 0 Å². The summed E-state index contributed by atoms with van der Waals surface area (Å²) in [4.78, 5) is 11.9. The summed E-state index contributed by atoms with van der Waals surface area (Å²) in [5.74, 6) is 0.00889. The Balaban J connectivity index is 2.03. The average molecular weight is 304 g/mol. The zero-order valence-electron chi connectivity index (χ0n) is 9.90. The first-order valence-electron chi connectivity index (χ1n) is 5.77. The second-order valence-corrected chi connectivity index (χ2v) is 4.56. The molecule has 2 aromatic rings. The van der Waals surface area contributed by atoms with Crippen molar-refractivity contribution in [2.45, 2.75) is 11.8 Å². The van der Waals surface area contributed by atoms with Gasteiger partial charge >= 0.3 is 0 Å². The molecule has 0 saturated heterocycles. The molecule has 0 radical (unpaired) electrons. The lowest BCUT2D eigenvalue weighted by atomic mass is 10.1. The highest BCUT2D eigenvalue weighted by atomic mass is 79.9. The van der Waals surface area contributed by atoms with Gasteiger partial charge in [0.25, 0.3) is 0 Å². The lowest BCUT2D eigenvalue weighted by molar-refractivity contribution is -0.115. The fourth-order valence-electron chi connectivity index (χ4n) is 1.73. The molecule has 2 nitrogen and oxygen atoms in total. The van der Waals surface area contributed by atoms with Gasteiger partial charge in [0.2, 0.25) is 5.91 Å². The highest BCUT2D eigenvalue weighted by molar-refractivity contribution is 9.08. The second-order valence-electron chi connectivity index (χ2n) is 4.00. The van der Waals surface area contributed by atoms with Crippen molar-refractivity contribution in [1.82, 2.24) is 0 Å². The first kappa shape index (κ1) is 12.8. The van der Waals surface area contributed by atoms with E-state index in [1.54, 1.807) is 0 Å². The molecule has 2 aromatic carbocycles. The number of anilines is 1. The molecule has 3 heteroatoms. The third-order valence-electron chi connectivity index (χ3n) is 2.64. The van der Waals surface area contributed by atoms with E-state index < -0.39 is 0 Å². The Bertz CT molecular complexity index is 525. The van der Waals surface area contributed by atoms with Crippen LogP contribution in [0.3, 0.4) is 0 Å². The van der Waals surface area contributed by atoms with E-state index in [1.165, 1.54) is 0 Å². The molecule has 0 heterocycles. The van der Waals surface area contributed by atoms with E-state index in [9.17, 15) is 4.79 Å². The van der Waals surface area contributed by atoms with Crippen LogP contribution in [-0.2, 0) is 16.5 Å². The summed E-state index contributed by atoms with van der Waals surface area (Å²) in [6.07, 6.45) is 0.400. The summed E-state index contributed by atoms with van der Waals surface area (Å²) in [5.41, 5.74) is 2.97. The maximum absolute atomic E-state index is 11.9. The Morgan fingerprint density at radius 2 is 1.67 bits per heavy atom. The third kappa shape index (κ3) is 3.44. The minimum atomic E-state index is 0.00889. The van der Waals surface area contributed by atoms with Gasteiger partial charge in [-0.1, -0.05) is 64.5 Å². The van der Waals surface area contributed by atoms with Gasteiger partial charge in [0.15, 0.2) is 0 Å². The number of nitrogens with one attached hydrogen (secondary N) is 1. The number of hydrogen-bond donors (Lipinski definition) is 1. The number of rotatable bonds is 4. The lowest BCUT2D eigenvalue weighted by Crippen LogP contribution is -2.15. The molecule has 1 amide bonds. The van der Waals surface area contributed by atoms with Crippen LogP contribution in [0.1, 0.15) is 11.1 Å². The average Bonchev–Trinajstić information content (AvgIpc) is 2.40. The molecule has 0 bridgehead atoms. The number of halogens is 1. The number of benzene rings is 2. The lowest BCUT2D eigenvalue weighted by Gasteiger charge is -2.09. The first-order valence-corrected chi connectivity index (χ1v) is 6.89. The van der Waals surface area contributed by atoms with Gasteiger partial charge in [-0.2, -0.15) is 0 Å². The van der Waals surface area contributed by atoms with Gasteiger partial charge in [0.05, 0.1) is 6.42 Å². The Hall–Kier alpha value is -1.61. The minimum Gasteiger partial charge on any atom is -0.326 e. The van der Waals surface area contributed by atoms with Gasteiger partial charge < -0.3 is 5.32 Å². The predicted molar refractivity (Wildman–Crippen MR) is 77.8 cm³/mol. The Kier molecular flexibility index (Phi) is 4.53. The minimum absolute atomic E-state index is 0.00889. The van der Waals surface area contributed by atoms with Crippen molar-refractivity contribution in [3.8, 4) is 0 Å². The number of hydrogen-bond acceptors (Lipinski definition) is 1. The fraction of sp³-hybridized carbons (Fsp3) is 0.133. The molecule has 0 spiro atoms. The highest BCUT2D eigenvalue weighted by Gasteiger charge is 2.06. The molecule has 0 aromatic heterocycles. The largest absolute Gasteiger partial charge is 0.326 e. The number of alkyl halides is 1. The Morgan fingerprint density at radius 3 is 2.39 bits per heavy atom. The van der Waals surface area contributed by atoms with E-state index in [-0.39, 0.29) is 5.91 Å². The van der Waals surface area contributed by atoms with Gasteiger partial charge in [-0.15, -0.1) is 0 Å². The summed E-state index contributed by atoms with van der Waals surface area (Å²) in [6, 6.07) is 17.5. The highest BCUT2D eigenvalue weighted by Crippen LogP contribution is 2.18. The summed E-state index contributed by atoms with van der Waals surface area (Å²) in [6.45, 7) is 0. The van der Waals surface area contributed by atoms with Crippen LogP contribution in [-0.4, -0.2) is 5.91 Å². The van der Waals surface area contributed by atoms with Crippen LogP contribution in [0.15, 0.2) is 54.6 Å². The SMILES string of the molecule is O=C(Cc1ccccc1)Nc1ccccc1CBr. The zero-order chi connectivity index (χ0) is 12.8. The van der Waals surface area contributed by atoms with Gasteiger partial charge in [-0.3, -0.25) is 4.79 Å². The Labute approximate surface area is 115 Å². The number of carbonyl (C=O) groups excluding carboxylic acids is 1. The molecule has 0 aliphatic heterocycles. The van der Waals surface area contributed by atoms with Crippen LogP contribution >= 0.6 is 15.9 Å². The van der Waals surface area contributed by atoms with Crippen LogP contribution in [0.5, 0.6) is 0 Å². The smallest absolute Gasteiger partial charge is 0.228 e. The molecule has 0 aliphatic carbocycles. The standard InChI is InChI=1S/C15H14BrNO/c16-11-13-8-4-5-9-14(13)17-15(18)10-12-6-2-1-3-7-12/h1-9H,10-11H2,(H,17,18). The van der Waals surface area contributed by atoms with Crippen LogP contribution in [0.2, 0.25) is 0 Å². The van der Waals surface area contributed by atoms with Gasteiger partial charge in [0, 0.05) is 11.0 Å². The molecule has 0 saturated carbocycles. The third-order valence-corrected chi connectivity index (χ3v) is 3.25. The molecule has 0 atom stereocenters. The van der Waals surface area contributed by atoms with Crippen molar-refractivity contribution >= 4 is 27.5 Å². The monoisotopic (exact) mass is 303 g/mol. The normalized spacial score (nSPS) is 10.1. The van der Waals surface area contributed by atoms with Crippen LogP contribution < -0.4 is 5.32 Å². The van der Waals surface area contributed by atoms with Gasteiger partial charge in [0.1, 0.15) is 0 Å². The summed E-state index contributed by atoms with van der Waals surface area (Å²) in [5, 5.41) is 3.67. The maximum atomic E-state index is 11.9. The van der Waals surface area contributed by atoms with Crippen molar-refractivity contribution < 1.29 is 4.79 Å². The Morgan fingerprint density at radius 1 is 1.00 bits per heavy atom. The molecule has 18 heavy (non-hydrogen) atoms. The van der Waals surface area contributed by atoms with Crippen molar-refractivity contribution in [1.29, 1.82) is 0 Å². The van der Waals surface area contributed by atoms with E-state index in [0.29, 0.717) is 6.42 Å². The predicted octanol–water partition coefficient (Wildman–Crippen LogP) is 3.76. The van der Waals surface area contributed by atoms with Gasteiger partial charge in [-0.25, -0.2) is 0 Å². The van der Waals surface area contributed by atoms with Gasteiger partial charge in [-0.05, 0) is 17.2 Å². The number of amides is 1. The van der Waals surface area contributed by atoms with Crippen molar-refractivity contribution in [3.05, 3.63) is 65.7 Å². The van der Waals surface area contributed by atoms with E-state index in [0.717, 1.165) is 22.1 Å². The maximum Gasteiger partial charge on any atom is 0.228 e. The van der Waals surface area contributed by atoms with Crippen molar-refractivity contribution in [2.75, 3.05) is 5.32 Å². The summed E-state index contributed by atoms with van der Waals surface area (Å²) in [7, 11) is 0. The number of para-hydroxylation sites is 1. The molecule has 1 N–H and O–H groups in total.